The van der Waals surface area contributed by atoms with Crippen LogP contribution in [0.25, 0.3) is 0 Å². The number of amides is 2. The smallest absolute Gasteiger partial charge is 0.315 e. The number of carbonyl (C=O) groups excluding carboxylic acids is 1. The lowest BCUT2D eigenvalue weighted by atomic mass is 10.0. The molecule has 0 saturated carbocycles. The van der Waals surface area contributed by atoms with Crippen molar-refractivity contribution in [2.75, 3.05) is 13.1 Å². The van der Waals surface area contributed by atoms with Crippen LogP contribution in [0.3, 0.4) is 0 Å². The van der Waals surface area contributed by atoms with Crippen LogP contribution in [0, 0.1) is 12.3 Å². The van der Waals surface area contributed by atoms with E-state index in [0.717, 1.165) is 0 Å². The van der Waals surface area contributed by atoms with E-state index in [-0.39, 0.29) is 24.2 Å². The topological polar surface area (TPSA) is 53.2 Å². The number of hydrogen-bond acceptors (Lipinski definition) is 2. The largest absolute Gasteiger partial charge is 0.336 e. The molecule has 1 rings (SSSR count). The molecule has 0 spiro atoms. The Morgan fingerprint density at radius 2 is 1.95 bits per heavy atom. The fourth-order valence-corrected chi connectivity index (χ4v) is 1.96. The van der Waals surface area contributed by atoms with Gasteiger partial charge in [0.15, 0.2) is 0 Å². The molecule has 0 heterocycles. The van der Waals surface area contributed by atoms with E-state index in [1.807, 2.05) is 32.0 Å². The van der Waals surface area contributed by atoms with E-state index in [4.69, 9.17) is 6.42 Å². The first-order chi connectivity index (χ1) is 9.44. The molecule has 108 valence electrons. The minimum absolute atomic E-state index is 0.210. The zero-order chi connectivity index (χ0) is 15.0. The van der Waals surface area contributed by atoms with Gasteiger partial charge in [0, 0.05) is 18.1 Å². The highest BCUT2D eigenvalue weighted by atomic mass is 16.2. The molecule has 4 nitrogen and oxygen atoms in total. The maximum atomic E-state index is 11.5. The number of urea groups is 1. The summed E-state index contributed by atoms with van der Waals surface area (Å²) >= 11 is 0. The van der Waals surface area contributed by atoms with Crippen molar-refractivity contribution in [3.63, 3.8) is 0 Å². The molecule has 0 unspecified atom stereocenters. The van der Waals surface area contributed by atoms with Gasteiger partial charge in [-0.1, -0.05) is 36.3 Å². The van der Waals surface area contributed by atoms with E-state index in [1.54, 1.807) is 0 Å². The number of benzene rings is 1. The zero-order valence-electron chi connectivity index (χ0n) is 12.4. The van der Waals surface area contributed by atoms with Gasteiger partial charge in [0.25, 0.3) is 0 Å². The van der Waals surface area contributed by atoms with Crippen LogP contribution in [0.5, 0.6) is 0 Å². The van der Waals surface area contributed by atoms with Crippen molar-refractivity contribution in [3.05, 3.63) is 35.9 Å². The SMILES string of the molecule is C#CCNC(=O)NCC(C)(C)N[C@H](C)c1ccccc1. The molecule has 0 aromatic heterocycles. The predicted octanol–water partition coefficient (Wildman–Crippen LogP) is 2.05. The summed E-state index contributed by atoms with van der Waals surface area (Å²) in [6.07, 6.45) is 5.08. The maximum absolute atomic E-state index is 11.5. The summed E-state index contributed by atoms with van der Waals surface area (Å²) in [4.78, 5) is 11.5. The van der Waals surface area contributed by atoms with Gasteiger partial charge in [-0.3, -0.25) is 0 Å². The van der Waals surface area contributed by atoms with E-state index in [2.05, 4.69) is 40.9 Å². The minimum Gasteiger partial charge on any atom is -0.336 e. The van der Waals surface area contributed by atoms with Crippen molar-refractivity contribution < 1.29 is 4.79 Å². The highest BCUT2D eigenvalue weighted by molar-refractivity contribution is 5.74. The molecule has 3 N–H and O–H groups in total. The van der Waals surface area contributed by atoms with Crippen molar-refractivity contribution in [1.82, 2.24) is 16.0 Å². The monoisotopic (exact) mass is 273 g/mol. The molecule has 0 bridgehead atoms. The Morgan fingerprint density at radius 1 is 1.30 bits per heavy atom. The van der Waals surface area contributed by atoms with Gasteiger partial charge in [-0.15, -0.1) is 6.42 Å². The molecular weight excluding hydrogens is 250 g/mol. The number of rotatable bonds is 6. The van der Waals surface area contributed by atoms with Crippen LogP contribution in [-0.2, 0) is 0 Å². The highest BCUT2D eigenvalue weighted by Crippen LogP contribution is 2.15. The Kier molecular flexibility index (Phi) is 6.08. The van der Waals surface area contributed by atoms with Crippen molar-refractivity contribution in [3.8, 4) is 12.3 Å². The molecule has 1 aromatic carbocycles. The van der Waals surface area contributed by atoms with Crippen LogP contribution in [0.4, 0.5) is 4.79 Å². The summed E-state index contributed by atoms with van der Waals surface area (Å²) in [7, 11) is 0. The summed E-state index contributed by atoms with van der Waals surface area (Å²) in [5.41, 5.74) is 1.00. The fraction of sp³-hybridized carbons (Fsp3) is 0.438. The van der Waals surface area contributed by atoms with E-state index >= 15 is 0 Å². The normalized spacial score (nSPS) is 12.3. The third-order valence-corrected chi connectivity index (χ3v) is 2.95. The van der Waals surface area contributed by atoms with E-state index < -0.39 is 0 Å². The molecule has 0 aliphatic carbocycles. The predicted molar refractivity (Wildman–Crippen MR) is 82.3 cm³/mol. The second-order valence-corrected chi connectivity index (χ2v) is 5.40. The van der Waals surface area contributed by atoms with Crippen molar-refractivity contribution in [2.45, 2.75) is 32.4 Å². The lowest BCUT2D eigenvalue weighted by Gasteiger charge is -2.30. The van der Waals surface area contributed by atoms with Gasteiger partial charge in [0.2, 0.25) is 0 Å². The van der Waals surface area contributed by atoms with E-state index in [9.17, 15) is 4.79 Å². The lowest BCUT2D eigenvalue weighted by molar-refractivity contribution is 0.236. The van der Waals surface area contributed by atoms with Gasteiger partial charge in [0.1, 0.15) is 0 Å². The number of hydrogen-bond donors (Lipinski definition) is 3. The van der Waals surface area contributed by atoms with Gasteiger partial charge < -0.3 is 16.0 Å². The summed E-state index contributed by atoms with van der Waals surface area (Å²) in [6.45, 7) is 6.96. The standard InChI is InChI=1S/C16H23N3O/c1-5-11-17-15(20)18-12-16(3,4)19-13(2)14-9-7-6-8-10-14/h1,6-10,13,19H,11-12H2,2-4H3,(H2,17,18,20)/t13-/m1/s1. The molecule has 0 saturated heterocycles. The Hall–Kier alpha value is -1.99. The maximum Gasteiger partial charge on any atom is 0.315 e. The molecule has 2 amide bonds. The molecule has 4 heteroatoms. The van der Waals surface area contributed by atoms with E-state index in [0.29, 0.717) is 6.54 Å². The Bertz CT molecular complexity index is 462. The van der Waals surface area contributed by atoms with Gasteiger partial charge in [0.05, 0.1) is 6.54 Å². The first-order valence-electron chi connectivity index (χ1n) is 6.72. The number of nitrogens with one attached hydrogen (secondary N) is 3. The van der Waals surface area contributed by atoms with Crippen LogP contribution in [0.15, 0.2) is 30.3 Å². The van der Waals surface area contributed by atoms with Crippen molar-refractivity contribution in [2.24, 2.45) is 0 Å². The zero-order valence-corrected chi connectivity index (χ0v) is 12.4. The summed E-state index contributed by atoms with van der Waals surface area (Å²) in [5.74, 6) is 2.36. The Labute approximate surface area is 121 Å². The van der Waals surface area contributed by atoms with Crippen molar-refractivity contribution >= 4 is 6.03 Å². The summed E-state index contributed by atoms with van der Waals surface area (Å²) in [6, 6.07) is 10.2. The Balaban J connectivity index is 2.45. The molecule has 1 atom stereocenters. The number of carbonyl (C=O) groups is 1. The molecule has 0 fully saturated rings. The molecule has 1 aromatic rings. The van der Waals surface area contributed by atoms with Crippen LogP contribution in [0.2, 0.25) is 0 Å². The van der Waals surface area contributed by atoms with Gasteiger partial charge >= 0.3 is 6.03 Å². The van der Waals surface area contributed by atoms with Crippen LogP contribution >= 0.6 is 0 Å². The third-order valence-electron chi connectivity index (χ3n) is 2.95. The molecule has 0 radical (unpaired) electrons. The molecule has 0 aliphatic rings. The van der Waals surface area contributed by atoms with Gasteiger partial charge in [-0.25, -0.2) is 4.79 Å². The highest BCUT2D eigenvalue weighted by Gasteiger charge is 2.21. The summed E-state index contributed by atoms with van der Waals surface area (Å²) < 4.78 is 0. The van der Waals surface area contributed by atoms with E-state index in [1.165, 1.54) is 5.56 Å². The van der Waals surface area contributed by atoms with Crippen LogP contribution in [-0.4, -0.2) is 24.7 Å². The molecule has 0 aliphatic heterocycles. The lowest BCUT2D eigenvalue weighted by Crippen LogP contribution is -2.51. The van der Waals surface area contributed by atoms with Gasteiger partial charge in [-0.2, -0.15) is 0 Å². The average Bonchev–Trinajstić information content (AvgIpc) is 2.43. The summed E-state index contributed by atoms with van der Waals surface area (Å²) in [5, 5.41) is 8.88. The minimum atomic E-state index is -0.245. The second kappa shape index (κ2) is 7.56. The first-order valence-corrected chi connectivity index (χ1v) is 6.72. The Morgan fingerprint density at radius 3 is 2.55 bits per heavy atom. The average molecular weight is 273 g/mol. The fourth-order valence-electron chi connectivity index (χ4n) is 1.96. The van der Waals surface area contributed by atoms with Crippen molar-refractivity contribution in [1.29, 1.82) is 0 Å². The van der Waals surface area contributed by atoms with Crippen LogP contribution < -0.4 is 16.0 Å². The first kappa shape index (κ1) is 16.1. The quantitative estimate of drug-likeness (QED) is 0.695. The van der Waals surface area contributed by atoms with Gasteiger partial charge in [-0.05, 0) is 26.3 Å². The third kappa shape index (κ3) is 5.77. The second-order valence-electron chi connectivity index (χ2n) is 5.40. The number of terminal acetylenes is 1. The molecule has 20 heavy (non-hydrogen) atoms. The molecular formula is C16H23N3O. The van der Waals surface area contributed by atoms with Crippen LogP contribution in [0.1, 0.15) is 32.4 Å².